The first-order valence-corrected chi connectivity index (χ1v) is 10.7. The van der Waals surface area contributed by atoms with Gasteiger partial charge in [-0.05, 0) is 55.3 Å². The van der Waals surface area contributed by atoms with Crippen LogP contribution in [0.3, 0.4) is 0 Å². The molecular formula is C24H23N3O3S. The number of carbonyl (C=O) groups is 1. The lowest BCUT2D eigenvalue weighted by atomic mass is 9.93. The number of hydrogen-bond acceptors (Lipinski definition) is 6. The van der Waals surface area contributed by atoms with Crippen molar-refractivity contribution in [2.75, 3.05) is 19.0 Å². The predicted molar refractivity (Wildman–Crippen MR) is 123 cm³/mol. The third kappa shape index (κ3) is 3.84. The number of carbonyl (C=O) groups excluding carboxylic acids is 1. The van der Waals surface area contributed by atoms with Crippen LogP contribution >= 0.6 is 11.3 Å². The van der Waals surface area contributed by atoms with E-state index >= 15 is 0 Å². The molecule has 4 rings (SSSR count). The summed E-state index contributed by atoms with van der Waals surface area (Å²) < 4.78 is 2.10. The van der Waals surface area contributed by atoms with Crippen LogP contribution in [-0.2, 0) is 4.79 Å². The van der Waals surface area contributed by atoms with E-state index in [1.54, 1.807) is 28.8 Å². The lowest BCUT2D eigenvalue weighted by Crippen LogP contribution is -2.39. The molecule has 31 heavy (non-hydrogen) atoms. The Balaban J connectivity index is 1.94. The lowest BCUT2D eigenvalue weighted by molar-refractivity contribution is -0.114. The summed E-state index contributed by atoms with van der Waals surface area (Å²) in [5, 5.41) is 9.74. The number of ketones is 1. The smallest absolute Gasteiger partial charge is 0.271 e. The summed E-state index contributed by atoms with van der Waals surface area (Å²) in [6.45, 7) is 3.32. The summed E-state index contributed by atoms with van der Waals surface area (Å²) in [7, 11) is 3.93. The summed E-state index contributed by atoms with van der Waals surface area (Å²) >= 11 is 1.28. The van der Waals surface area contributed by atoms with E-state index in [0.29, 0.717) is 20.6 Å². The first kappa shape index (κ1) is 20.8. The number of aromatic hydroxyl groups is 1. The van der Waals surface area contributed by atoms with Crippen LogP contribution < -0.4 is 19.8 Å². The molecule has 3 aromatic rings. The fourth-order valence-electron chi connectivity index (χ4n) is 3.81. The second-order valence-electron chi connectivity index (χ2n) is 7.72. The quantitative estimate of drug-likeness (QED) is 0.686. The number of benzene rings is 2. The Kier molecular flexibility index (Phi) is 5.37. The highest BCUT2D eigenvalue weighted by molar-refractivity contribution is 7.07. The number of Topliss-reactive ketones (excluding diaryl/α,β-unsaturated/α-hetero) is 1. The number of phenolic OH excluding ortho intramolecular Hbond substituents is 1. The van der Waals surface area contributed by atoms with Gasteiger partial charge in [-0.1, -0.05) is 35.6 Å². The van der Waals surface area contributed by atoms with Crippen molar-refractivity contribution in [3.05, 3.63) is 90.6 Å². The van der Waals surface area contributed by atoms with Crippen LogP contribution in [-0.4, -0.2) is 29.6 Å². The molecule has 0 unspecified atom stereocenters. The predicted octanol–water partition coefficient (Wildman–Crippen LogP) is 2.60. The molecule has 1 N–H and O–H groups in total. The van der Waals surface area contributed by atoms with Gasteiger partial charge in [0, 0.05) is 31.1 Å². The van der Waals surface area contributed by atoms with Crippen molar-refractivity contribution in [3.63, 3.8) is 0 Å². The van der Waals surface area contributed by atoms with E-state index in [1.807, 2.05) is 56.3 Å². The van der Waals surface area contributed by atoms with Crippen LogP contribution in [0.4, 0.5) is 5.69 Å². The molecule has 7 heteroatoms. The molecule has 0 bridgehead atoms. The number of nitrogens with zero attached hydrogens (tertiary/aromatic N) is 3. The van der Waals surface area contributed by atoms with E-state index < -0.39 is 6.04 Å². The van der Waals surface area contributed by atoms with Crippen LogP contribution in [0, 0.1) is 0 Å². The van der Waals surface area contributed by atoms with E-state index in [0.717, 1.165) is 16.8 Å². The molecule has 1 aliphatic heterocycles. The molecule has 0 saturated carbocycles. The molecule has 1 aromatic heterocycles. The number of anilines is 1. The van der Waals surface area contributed by atoms with E-state index in [4.69, 9.17) is 0 Å². The van der Waals surface area contributed by atoms with Gasteiger partial charge in [-0.25, -0.2) is 4.99 Å². The Morgan fingerprint density at radius 2 is 1.90 bits per heavy atom. The van der Waals surface area contributed by atoms with Crippen LogP contribution in [0.15, 0.2) is 69.6 Å². The second-order valence-corrected chi connectivity index (χ2v) is 8.73. The van der Waals surface area contributed by atoms with Crippen molar-refractivity contribution >= 4 is 28.9 Å². The maximum atomic E-state index is 13.4. The van der Waals surface area contributed by atoms with Crippen molar-refractivity contribution in [1.82, 2.24) is 4.57 Å². The molecule has 6 nitrogen and oxygen atoms in total. The van der Waals surface area contributed by atoms with E-state index in [9.17, 15) is 14.7 Å². The topological polar surface area (TPSA) is 74.9 Å². The minimum absolute atomic E-state index is 0.106. The van der Waals surface area contributed by atoms with Gasteiger partial charge in [0.05, 0.1) is 10.6 Å². The van der Waals surface area contributed by atoms with Gasteiger partial charge in [-0.15, -0.1) is 0 Å². The lowest BCUT2D eigenvalue weighted by Gasteiger charge is -2.25. The Morgan fingerprint density at radius 1 is 1.19 bits per heavy atom. The summed E-state index contributed by atoms with van der Waals surface area (Å²) in [4.78, 5) is 33.1. The van der Waals surface area contributed by atoms with Crippen LogP contribution in [0.25, 0.3) is 6.08 Å². The van der Waals surface area contributed by atoms with Crippen LogP contribution in [0.2, 0.25) is 0 Å². The van der Waals surface area contributed by atoms with Crippen molar-refractivity contribution in [3.8, 4) is 5.75 Å². The normalized spacial score (nSPS) is 16.1. The maximum absolute atomic E-state index is 13.4. The molecule has 0 spiro atoms. The zero-order valence-electron chi connectivity index (χ0n) is 17.8. The fourth-order valence-corrected chi connectivity index (χ4v) is 4.85. The number of allylic oxidation sites excluding steroid dienone is 2. The molecule has 0 saturated heterocycles. The standard InChI is InChI=1S/C24H23N3O3S/c1-14-21(15(2)28)22(17-8-10-18(11-9-17)26(3)4)27-23(30)20(31-24(27)25-14)13-16-6-5-7-19(29)12-16/h5-13,22,29H,1-4H3/b20-13+/t22-/m0/s1. The number of hydrogen-bond donors (Lipinski definition) is 1. The van der Waals surface area contributed by atoms with Crippen LogP contribution in [0.5, 0.6) is 5.75 Å². The van der Waals surface area contributed by atoms with Gasteiger partial charge in [-0.3, -0.25) is 14.2 Å². The molecule has 1 atom stereocenters. The monoisotopic (exact) mass is 433 g/mol. The average molecular weight is 434 g/mol. The molecular weight excluding hydrogens is 410 g/mol. The molecule has 1 aliphatic rings. The highest BCUT2D eigenvalue weighted by atomic mass is 32.1. The Morgan fingerprint density at radius 3 is 2.52 bits per heavy atom. The molecule has 0 amide bonds. The fraction of sp³-hybridized carbons (Fsp3) is 0.208. The van der Waals surface area contributed by atoms with E-state index in [2.05, 4.69) is 4.99 Å². The SMILES string of the molecule is CC(=O)C1=C(C)N=c2s/c(=C/c3cccc(O)c3)c(=O)n2[C@H]1c1ccc(N(C)C)cc1. The summed E-state index contributed by atoms with van der Waals surface area (Å²) in [5.74, 6) is 0.0280. The van der Waals surface area contributed by atoms with Crippen molar-refractivity contribution in [2.45, 2.75) is 19.9 Å². The van der Waals surface area contributed by atoms with Gasteiger partial charge in [0.1, 0.15) is 5.75 Å². The van der Waals surface area contributed by atoms with Gasteiger partial charge >= 0.3 is 0 Å². The molecule has 158 valence electrons. The number of thiazole rings is 1. The number of fused-ring (bicyclic) bond motifs is 1. The van der Waals surface area contributed by atoms with Gasteiger partial charge in [0.2, 0.25) is 0 Å². The summed E-state index contributed by atoms with van der Waals surface area (Å²) in [6, 6.07) is 14.1. The average Bonchev–Trinajstić information content (AvgIpc) is 3.01. The molecule has 2 heterocycles. The molecule has 0 fully saturated rings. The van der Waals surface area contributed by atoms with E-state index in [-0.39, 0.29) is 17.1 Å². The number of rotatable bonds is 4. The zero-order valence-corrected chi connectivity index (χ0v) is 18.6. The minimum Gasteiger partial charge on any atom is -0.508 e. The summed E-state index contributed by atoms with van der Waals surface area (Å²) in [5.41, 5.74) is 3.55. The molecule has 0 aliphatic carbocycles. The van der Waals surface area contributed by atoms with Crippen molar-refractivity contribution in [1.29, 1.82) is 0 Å². The highest BCUT2D eigenvalue weighted by Gasteiger charge is 2.30. The first-order valence-electron chi connectivity index (χ1n) is 9.86. The summed E-state index contributed by atoms with van der Waals surface area (Å²) in [6.07, 6.45) is 1.74. The highest BCUT2D eigenvalue weighted by Crippen LogP contribution is 2.31. The van der Waals surface area contributed by atoms with Crippen LogP contribution in [0.1, 0.15) is 31.0 Å². The molecule has 2 aromatic carbocycles. The third-order valence-electron chi connectivity index (χ3n) is 5.29. The van der Waals surface area contributed by atoms with E-state index in [1.165, 1.54) is 18.3 Å². The van der Waals surface area contributed by atoms with Crippen molar-refractivity contribution < 1.29 is 9.90 Å². The van der Waals surface area contributed by atoms with Gasteiger partial charge in [0.25, 0.3) is 5.56 Å². The Bertz CT molecular complexity index is 1380. The largest absolute Gasteiger partial charge is 0.508 e. The maximum Gasteiger partial charge on any atom is 0.271 e. The van der Waals surface area contributed by atoms with Gasteiger partial charge < -0.3 is 10.0 Å². The number of phenols is 1. The first-order chi connectivity index (χ1) is 14.8. The second kappa shape index (κ2) is 8.00. The Hall–Kier alpha value is -3.45. The number of aromatic nitrogens is 1. The zero-order chi connectivity index (χ0) is 22.3. The third-order valence-corrected chi connectivity index (χ3v) is 6.28. The van der Waals surface area contributed by atoms with Gasteiger partial charge in [0.15, 0.2) is 10.6 Å². The Labute approximate surface area is 183 Å². The molecule has 0 radical (unpaired) electrons. The van der Waals surface area contributed by atoms with Crippen molar-refractivity contribution in [2.24, 2.45) is 4.99 Å². The van der Waals surface area contributed by atoms with Gasteiger partial charge in [-0.2, -0.15) is 0 Å². The minimum atomic E-state index is -0.531.